The van der Waals surface area contributed by atoms with Crippen LogP contribution < -0.4 is 0 Å². The van der Waals surface area contributed by atoms with Gasteiger partial charge in [0.15, 0.2) is 0 Å². The zero-order valence-corrected chi connectivity index (χ0v) is 10.8. The van der Waals surface area contributed by atoms with Crippen LogP contribution in [0.3, 0.4) is 0 Å². The van der Waals surface area contributed by atoms with Gasteiger partial charge in [-0.1, -0.05) is 30.3 Å². The van der Waals surface area contributed by atoms with Crippen LogP contribution in [0.4, 0.5) is 0 Å². The van der Waals surface area contributed by atoms with E-state index in [9.17, 15) is 0 Å². The van der Waals surface area contributed by atoms with Gasteiger partial charge in [0.2, 0.25) is 0 Å². The van der Waals surface area contributed by atoms with Crippen molar-refractivity contribution in [3.63, 3.8) is 0 Å². The van der Waals surface area contributed by atoms with Gasteiger partial charge in [-0.25, -0.2) is 0 Å². The van der Waals surface area contributed by atoms with E-state index < -0.39 is 4.87 Å². The predicted molar refractivity (Wildman–Crippen MR) is 67.4 cm³/mol. The van der Waals surface area contributed by atoms with Crippen LogP contribution in [-0.4, -0.2) is 32.8 Å². The van der Waals surface area contributed by atoms with E-state index in [1.54, 1.807) is 7.11 Å². The minimum absolute atomic E-state index is 0.388. The number of ether oxygens (including phenoxy) is 2. The molecule has 0 N–H and O–H groups in total. The molecule has 4 heteroatoms. The van der Waals surface area contributed by atoms with Crippen molar-refractivity contribution in [1.29, 1.82) is 0 Å². The Morgan fingerprint density at radius 3 is 2.44 bits per heavy atom. The molecule has 0 saturated heterocycles. The Hall–Kier alpha value is -0.280. The Balaban J connectivity index is 2.71. The van der Waals surface area contributed by atoms with Crippen LogP contribution in [0.1, 0.15) is 5.56 Å². The highest BCUT2D eigenvalue weighted by Crippen LogP contribution is 2.29. The second-order valence-electron chi connectivity index (χ2n) is 3.51. The highest BCUT2D eigenvalue weighted by molar-refractivity contribution is 6.24. The molecular weight excluding hydrogens is 247 g/mol. The number of methoxy groups -OCH3 is 1. The molecule has 2 nitrogen and oxygen atoms in total. The van der Waals surface area contributed by atoms with Gasteiger partial charge < -0.3 is 9.47 Å². The minimum Gasteiger partial charge on any atom is -0.382 e. The van der Waals surface area contributed by atoms with Gasteiger partial charge in [0.25, 0.3) is 0 Å². The predicted octanol–water partition coefficient (Wildman–Crippen LogP) is 3.02. The Morgan fingerprint density at radius 2 is 1.88 bits per heavy atom. The third-order valence-corrected chi connectivity index (χ3v) is 2.81. The molecule has 0 aliphatic carbocycles. The van der Waals surface area contributed by atoms with Crippen molar-refractivity contribution in [2.24, 2.45) is 0 Å². The molecule has 0 aliphatic heterocycles. The van der Waals surface area contributed by atoms with Crippen molar-refractivity contribution in [1.82, 2.24) is 0 Å². The summed E-state index contributed by atoms with van der Waals surface area (Å²) in [7, 11) is 1.63. The van der Waals surface area contributed by atoms with Crippen molar-refractivity contribution in [2.45, 2.75) is 4.87 Å². The van der Waals surface area contributed by atoms with E-state index in [-0.39, 0.29) is 0 Å². The van der Waals surface area contributed by atoms with Gasteiger partial charge in [0.1, 0.15) is 4.87 Å². The van der Waals surface area contributed by atoms with Crippen LogP contribution in [0, 0.1) is 0 Å². The van der Waals surface area contributed by atoms with Gasteiger partial charge in [0.05, 0.1) is 19.8 Å². The molecule has 0 fully saturated rings. The van der Waals surface area contributed by atoms with E-state index in [2.05, 4.69) is 0 Å². The van der Waals surface area contributed by atoms with Crippen LogP contribution in [0.2, 0.25) is 0 Å². The fraction of sp³-hybridized carbons (Fsp3) is 0.500. The van der Waals surface area contributed by atoms with Gasteiger partial charge in [-0.2, -0.15) is 0 Å². The number of benzene rings is 1. The first-order valence-corrected chi connectivity index (χ1v) is 6.01. The van der Waals surface area contributed by atoms with Crippen molar-refractivity contribution in [3.05, 3.63) is 35.9 Å². The third-order valence-electron chi connectivity index (χ3n) is 2.22. The van der Waals surface area contributed by atoms with Gasteiger partial charge >= 0.3 is 0 Å². The summed E-state index contributed by atoms with van der Waals surface area (Å²) in [6, 6.07) is 9.78. The molecule has 1 rings (SSSR count). The topological polar surface area (TPSA) is 18.5 Å². The summed E-state index contributed by atoms with van der Waals surface area (Å²) in [5.74, 6) is 0.467. The lowest BCUT2D eigenvalue weighted by molar-refractivity contribution is 0.0771. The fourth-order valence-electron chi connectivity index (χ4n) is 1.46. The largest absolute Gasteiger partial charge is 0.382 e. The highest BCUT2D eigenvalue weighted by atomic mass is 35.5. The number of hydrogen-bond donors (Lipinski definition) is 0. The molecule has 16 heavy (non-hydrogen) atoms. The molecular formula is C12H16Cl2O2. The summed E-state index contributed by atoms with van der Waals surface area (Å²) in [5.41, 5.74) is 0.994. The quantitative estimate of drug-likeness (QED) is 0.556. The van der Waals surface area contributed by atoms with Crippen LogP contribution in [0.5, 0.6) is 0 Å². The van der Waals surface area contributed by atoms with Gasteiger partial charge in [-0.3, -0.25) is 0 Å². The first kappa shape index (κ1) is 13.8. The van der Waals surface area contributed by atoms with E-state index in [4.69, 9.17) is 32.7 Å². The number of rotatable bonds is 7. The van der Waals surface area contributed by atoms with E-state index in [1.807, 2.05) is 30.3 Å². The molecule has 0 radical (unpaired) electrons. The van der Waals surface area contributed by atoms with Crippen molar-refractivity contribution in [2.75, 3.05) is 32.8 Å². The van der Waals surface area contributed by atoms with E-state index in [1.165, 1.54) is 0 Å². The van der Waals surface area contributed by atoms with E-state index in [0.717, 1.165) is 5.56 Å². The zero-order chi connectivity index (χ0) is 11.9. The van der Waals surface area contributed by atoms with Crippen LogP contribution in [0.15, 0.2) is 30.3 Å². The van der Waals surface area contributed by atoms with Crippen molar-refractivity contribution in [3.8, 4) is 0 Å². The molecule has 0 aliphatic rings. The normalized spacial score (nSPS) is 14.7. The third kappa shape index (κ3) is 3.95. The minimum atomic E-state index is -0.637. The second kappa shape index (κ2) is 7.13. The summed E-state index contributed by atoms with van der Waals surface area (Å²) < 4.78 is 10.6. The lowest BCUT2D eigenvalue weighted by Crippen LogP contribution is -2.31. The molecule has 90 valence electrons. The first-order chi connectivity index (χ1) is 7.73. The Labute approximate surface area is 106 Å². The summed E-state index contributed by atoms with van der Waals surface area (Å²) in [5, 5.41) is 0. The Kier molecular flexibility index (Phi) is 6.14. The van der Waals surface area contributed by atoms with Gasteiger partial charge in [-0.05, 0) is 5.56 Å². The zero-order valence-electron chi connectivity index (χ0n) is 9.29. The fourth-order valence-corrected chi connectivity index (χ4v) is 1.88. The van der Waals surface area contributed by atoms with Crippen molar-refractivity contribution >= 4 is 23.2 Å². The molecule has 1 atom stereocenters. The maximum atomic E-state index is 6.51. The lowest BCUT2D eigenvalue weighted by atomic mass is 10.00. The average molecular weight is 263 g/mol. The molecule has 1 unspecified atom stereocenters. The summed E-state index contributed by atoms with van der Waals surface area (Å²) in [6.07, 6.45) is 0. The Bertz CT molecular complexity index is 292. The van der Waals surface area contributed by atoms with Crippen LogP contribution in [0.25, 0.3) is 0 Å². The number of halogens is 2. The van der Waals surface area contributed by atoms with Gasteiger partial charge in [-0.15, -0.1) is 23.2 Å². The molecule has 1 aromatic carbocycles. The highest BCUT2D eigenvalue weighted by Gasteiger charge is 2.29. The smallest absolute Gasteiger partial charge is 0.116 e. The number of hydrogen-bond acceptors (Lipinski definition) is 2. The number of alkyl halides is 2. The van der Waals surface area contributed by atoms with Crippen LogP contribution >= 0.6 is 23.2 Å². The van der Waals surface area contributed by atoms with E-state index in [0.29, 0.717) is 25.7 Å². The van der Waals surface area contributed by atoms with Gasteiger partial charge in [0, 0.05) is 13.0 Å². The van der Waals surface area contributed by atoms with Crippen LogP contribution in [-0.2, 0) is 14.3 Å². The molecule has 0 saturated carbocycles. The van der Waals surface area contributed by atoms with Crippen molar-refractivity contribution < 1.29 is 9.47 Å². The maximum Gasteiger partial charge on any atom is 0.116 e. The molecule has 0 amide bonds. The lowest BCUT2D eigenvalue weighted by Gasteiger charge is -2.26. The molecule has 1 aromatic rings. The monoisotopic (exact) mass is 262 g/mol. The molecule has 0 heterocycles. The standard InChI is InChI=1S/C12H16Cl2O2/c1-15-9-12(14,10-16-8-7-13)11-5-3-2-4-6-11/h2-6H,7-10H2,1H3. The summed E-state index contributed by atoms with van der Waals surface area (Å²) >= 11 is 12.1. The molecule has 0 spiro atoms. The Morgan fingerprint density at radius 1 is 1.19 bits per heavy atom. The average Bonchev–Trinajstić information content (AvgIpc) is 2.31. The maximum absolute atomic E-state index is 6.51. The first-order valence-electron chi connectivity index (χ1n) is 5.10. The van der Waals surface area contributed by atoms with E-state index >= 15 is 0 Å². The second-order valence-corrected chi connectivity index (χ2v) is 4.61. The molecule has 0 aromatic heterocycles. The summed E-state index contributed by atoms with van der Waals surface area (Å²) in [6.45, 7) is 1.28. The SMILES string of the molecule is COCC(Cl)(COCCCl)c1ccccc1. The summed E-state index contributed by atoms with van der Waals surface area (Å²) in [4.78, 5) is -0.637. The molecule has 0 bridgehead atoms.